The van der Waals surface area contributed by atoms with Gasteiger partial charge in [0.1, 0.15) is 17.2 Å². The van der Waals surface area contributed by atoms with Crippen molar-refractivity contribution in [1.82, 2.24) is 24.1 Å². The molecule has 30 heavy (non-hydrogen) atoms. The van der Waals surface area contributed by atoms with Crippen LogP contribution in [0.2, 0.25) is 0 Å². The fourth-order valence-electron chi connectivity index (χ4n) is 3.75. The van der Waals surface area contributed by atoms with Gasteiger partial charge in [-0.3, -0.25) is 13.9 Å². The smallest absolute Gasteiger partial charge is 0.265 e. The minimum atomic E-state index is -0.143. The predicted octanol–water partition coefficient (Wildman–Crippen LogP) is 3.49. The summed E-state index contributed by atoms with van der Waals surface area (Å²) in [7, 11) is 1.61. The van der Waals surface area contributed by atoms with Crippen LogP contribution in [0, 0.1) is 0 Å². The monoisotopic (exact) mass is 399 g/mol. The third-order valence-electron chi connectivity index (χ3n) is 5.37. The average Bonchev–Trinajstić information content (AvgIpc) is 3.11. The first-order chi connectivity index (χ1) is 14.7. The van der Waals surface area contributed by atoms with Crippen molar-refractivity contribution in [3.8, 4) is 5.69 Å². The van der Waals surface area contributed by atoms with E-state index in [9.17, 15) is 4.79 Å². The Labute approximate surface area is 172 Å². The fourth-order valence-corrected chi connectivity index (χ4v) is 3.75. The van der Waals surface area contributed by atoms with E-state index in [4.69, 9.17) is 14.7 Å². The zero-order valence-corrected chi connectivity index (χ0v) is 16.9. The Morgan fingerprint density at radius 2 is 1.70 bits per heavy atom. The summed E-state index contributed by atoms with van der Waals surface area (Å²) in [6.45, 7) is 2.98. The molecule has 2 aromatic carbocycles. The van der Waals surface area contributed by atoms with Gasteiger partial charge < -0.3 is 4.74 Å². The summed E-state index contributed by atoms with van der Waals surface area (Å²) >= 11 is 0. The van der Waals surface area contributed by atoms with Crippen molar-refractivity contribution in [3.05, 3.63) is 70.8 Å². The van der Waals surface area contributed by atoms with Gasteiger partial charge in [-0.1, -0.05) is 31.2 Å². The molecular weight excluding hydrogens is 378 g/mol. The first kappa shape index (κ1) is 18.4. The van der Waals surface area contributed by atoms with E-state index < -0.39 is 0 Å². The number of hydrogen-bond acceptors (Lipinski definition) is 5. The van der Waals surface area contributed by atoms with Crippen molar-refractivity contribution < 1.29 is 4.74 Å². The Morgan fingerprint density at radius 3 is 2.40 bits per heavy atom. The number of hydrogen-bond donors (Lipinski definition) is 0. The van der Waals surface area contributed by atoms with Gasteiger partial charge >= 0.3 is 0 Å². The lowest BCUT2D eigenvalue weighted by Crippen LogP contribution is -2.22. The summed E-state index contributed by atoms with van der Waals surface area (Å²) in [5.41, 5.74) is 5.27. The van der Waals surface area contributed by atoms with Gasteiger partial charge in [-0.2, -0.15) is 0 Å². The molecule has 0 radical (unpaired) electrons. The van der Waals surface area contributed by atoms with Crippen LogP contribution in [0.3, 0.4) is 0 Å². The van der Waals surface area contributed by atoms with E-state index in [1.807, 2.05) is 41.0 Å². The molecule has 7 heteroatoms. The number of nitrogens with zero attached hydrogens (tertiary/aromatic N) is 5. The van der Waals surface area contributed by atoms with Crippen molar-refractivity contribution in [2.45, 2.75) is 19.9 Å². The van der Waals surface area contributed by atoms with Gasteiger partial charge in [-0.15, -0.1) is 0 Å². The highest BCUT2D eigenvalue weighted by Gasteiger charge is 2.20. The number of rotatable bonds is 5. The molecule has 0 bridgehead atoms. The number of aromatic nitrogens is 5. The van der Waals surface area contributed by atoms with Crippen LogP contribution in [0.5, 0.6) is 0 Å². The van der Waals surface area contributed by atoms with Crippen LogP contribution >= 0.6 is 0 Å². The molecule has 0 unspecified atom stereocenters. The molecule has 0 saturated carbocycles. The molecule has 0 atom stereocenters. The molecule has 0 fully saturated rings. The first-order valence-corrected chi connectivity index (χ1v) is 9.96. The lowest BCUT2D eigenvalue weighted by atomic mass is 10.1. The number of methoxy groups -OCH3 is 1. The third-order valence-corrected chi connectivity index (χ3v) is 5.37. The first-order valence-electron chi connectivity index (χ1n) is 9.96. The second-order valence-electron chi connectivity index (χ2n) is 7.17. The van der Waals surface area contributed by atoms with Gasteiger partial charge in [0.15, 0.2) is 11.3 Å². The lowest BCUT2D eigenvalue weighted by Gasteiger charge is -2.08. The second kappa shape index (κ2) is 7.35. The van der Waals surface area contributed by atoms with Crippen LogP contribution in [0.1, 0.15) is 12.5 Å². The van der Waals surface area contributed by atoms with E-state index in [0.29, 0.717) is 35.3 Å². The van der Waals surface area contributed by atoms with Crippen LogP contribution in [-0.2, 0) is 17.7 Å². The number of aryl methyl sites for hydroxylation is 1. The number of para-hydroxylation sites is 2. The fraction of sp³-hybridized carbons (Fsp3) is 0.217. The van der Waals surface area contributed by atoms with Crippen LogP contribution in [0.25, 0.3) is 38.9 Å². The molecule has 0 aliphatic heterocycles. The van der Waals surface area contributed by atoms with Gasteiger partial charge in [0.2, 0.25) is 0 Å². The SMILES string of the molecule is CCc1ccc(-n2c3nc4ccccc4nc3c3c(=O)n(CCOC)cnc32)cc1. The van der Waals surface area contributed by atoms with Crippen LogP contribution in [-0.4, -0.2) is 37.8 Å². The molecule has 7 nitrogen and oxygen atoms in total. The molecule has 3 heterocycles. The third kappa shape index (κ3) is 2.86. The maximum Gasteiger partial charge on any atom is 0.265 e. The average molecular weight is 399 g/mol. The highest BCUT2D eigenvalue weighted by atomic mass is 16.5. The molecule has 5 aromatic rings. The Bertz CT molecular complexity index is 1430. The maximum absolute atomic E-state index is 13.3. The standard InChI is InChI=1S/C23H21N5O2/c1-3-15-8-10-16(11-9-15)28-21-19(23(29)27(14-24-21)12-13-30-2)20-22(28)26-18-7-5-4-6-17(18)25-20/h4-11,14H,3,12-13H2,1-2H3. The highest BCUT2D eigenvalue weighted by Crippen LogP contribution is 2.28. The number of ether oxygens (including phenoxy) is 1. The quantitative estimate of drug-likeness (QED) is 0.452. The highest BCUT2D eigenvalue weighted by molar-refractivity contribution is 6.05. The van der Waals surface area contributed by atoms with Crippen LogP contribution in [0.15, 0.2) is 59.7 Å². The largest absolute Gasteiger partial charge is 0.383 e. The van der Waals surface area contributed by atoms with Gasteiger partial charge in [0, 0.05) is 12.8 Å². The van der Waals surface area contributed by atoms with Crippen molar-refractivity contribution in [1.29, 1.82) is 0 Å². The van der Waals surface area contributed by atoms with Gasteiger partial charge in [-0.05, 0) is 36.2 Å². The molecule has 0 N–H and O–H groups in total. The Hall–Kier alpha value is -3.58. The molecule has 0 spiro atoms. The summed E-state index contributed by atoms with van der Waals surface area (Å²) in [5.74, 6) is 0. The molecular formula is C23H21N5O2. The van der Waals surface area contributed by atoms with Crippen LogP contribution < -0.4 is 5.56 Å². The number of fused-ring (bicyclic) bond motifs is 4. The second-order valence-corrected chi connectivity index (χ2v) is 7.17. The normalized spacial score (nSPS) is 11.7. The van der Waals surface area contributed by atoms with Crippen molar-refractivity contribution >= 4 is 33.2 Å². The maximum atomic E-state index is 13.3. The molecule has 3 aromatic heterocycles. The van der Waals surface area contributed by atoms with E-state index >= 15 is 0 Å². The zero-order valence-electron chi connectivity index (χ0n) is 16.9. The molecule has 0 aliphatic rings. The minimum absolute atomic E-state index is 0.143. The topological polar surface area (TPSA) is 74.8 Å². The van der Waals surface area contributed by atoms with Gasteiger partial charge in [-0.25, -0.2) is 15.0 Å². The van der Waals surface area contributed by atoms with Crippen molar-refractivity contribution in [2.24, 2.45) is 0 Å². The van der Waals surface area contributed by atoms with Crippen LogP contribution in [0.4, 0.5) is 0 Å². The molecule has 5 rings (SSSR count). The summed E-state index contributed by atoms with van der Waals surface area (Å²) in [4.78, 5) is 27.6. The molecule has 150 valence electrons. The van der Waals surface area contributed by atoms with E-state index in [1.54, 1.807) is 18.0 Å². The van der Waals surface area contributed by atoms with E-state index in [0.717, 1.165) is 23.1 Å². The Balaban J connectivity index is 1.89. The molecule has 0 amide bonds. The minimum Gasteiger partial charge on any atom is -0.383 e. The van der Waals surface area contributed by atoms with Crippen molar-refractivity contribution in [2.75, 3.05) is 13.7 Å². The van der Waals surface area contributed by atoms with Gasteiger partial charge in [0.25, 0.3) is 5.56 Å². The summed E-state index contributed by atoms with van der Waals surface area (Å²) in [6, 6.07) is 15.9. The molecule has 0 saturated heterocycles. The Morgan fingerprint density at radius 1 is 0.967 bits per heavy atom. The van der Waals surface area contributed by atoms with Crippen molar-refractivity contribution in [3.63, 3.8) is 0 Å². The van der Waals surface area contributed by atoms with E-state index in [1.165, 1.54) is 5.56 Å². The summed E-state index contributed by atoms with van der Waals surface area (Å²) in [5, 5.41) is 0.474. The predicted molar refractivity (Wildman–Crippen MR) is 117 cm³/mol. The lowest BCUT2D eigenvalue weighted by molar-refractivity contribution is 0.186. The summed E-state index contributed by atoms with van der Waals surface area (Å²) in [6.07, 6.45) is 2.53. The zero-order chi connectivity index (χ0) is 20.7. The molecule has 0 aliphatic carbocycles. The summed E-state index contributed by atoms with van der Waals surface area (Å²) < 4.78 is 8.62. The Kier molecular flexibility index (Phi) is 4.52. The van der Waals surface area contributed by atoms with E-state index in [-0.39, 0.29) is 5.56 Å². The van der Waals surface area contributed by atoms with Gasteiger partial charge in [0.05, 0.1) is 24.2 Å². The number of benzene rings is 2. The van der Waals surface area contributed by atoms with E-state index in [2.05, 4.69) is 24.0 Å².